The van der Waals surface area contributed by atoms with Crippen molar-refractivity contribution in [1.82, 2.24) is 9.55 Å². The summed E-state index contributed by atoms with van der Waals surface area (Å²) in [7, 11) is 0. The lowest BCUT2D eigenvalue weighted by atomic mass is 10.1. The molecule has 6 heteroatoms. The SMILES string of the molecule is N#Cc1ccccc1Sc1ccccc1C(=O)Nc1ccc(-c2ncc3n2CCCC3)cc1. The Morgan fingerprint density at radius 1 is 0.970 bits per heavy atom. The maximum absolute atomic E-state index is 13.1. The van der Waals surface area contributed by atoms with Gasteiger partial charge in [-0.05, 0) is 67.8 Å². The monoisotopic (exact) mass is 450 g/mol. The van der Waals surface area contributed by atoms with E-state index < -0.39 is 0 Å². The number of amides is 1. The van der Waals surface area contributed by atoms with Crippen molar-refractivity contribution in [3.63, 3.8) is 0 Å². The highest BCUT2D eigenvalue weighted by atomic mass is 32.2. The number of fused-ring (bicyclic) bond motifs is 1. The first-order valence-corrected chi connectivity index (χ1v) is 11.8. The first-order valence-electron chi connectivity index (χ1n) is 10.9. The zero-order valence-corrected chi connectivity index (χ0v) is 18.8. The molecule has 4 aromatic rings. The maximum atomic E-state index is 13.1. The summed E-state index contributed by atoms with van der Waals surface area (Å²) >= 11 is 1.42. The van der Waals surface area contributed by atoms with E-state index in [0.29, 0.717) is 11.1 Å². The number of anilines is 1. The number of carbonyl (C=O) groups excluding carboxylic acids is 1. The van der Waals surface area contributed by atoms with Gasteiger partial charge in [0.15, 0.2) is 0 Å². The van der Waals surface area contributed by atoms with E-state index in [1.807, 2.05) is 66.9 Å². The first-order chi connectivity index (χ1) is 16.2. The van der Waals surface area contributed by atoms with Crippen LogP contribution in [-0.2, 0) is 13.0 Å². The molecule has 5 rings (SSSR count). The molecule has 1 N–H and O–H groups in total. The Hall–Kier alpha value is -3.82. The van der Waals surface area contributed by atoms with Crippen molar-refractivity contribution in [3.05, 3.63) is 95.8 Å². The quantitative estimate of drug-likeness (QED) is 0.395. The standard InChI is InChI=1S/C27H22N4OS/c28-17-20-7-1-3-10-24(20)33-25-11-4-2-9-23(25)27(32)30-21-14-12-19(13-15-21)26-29-18-22-8-5-6-16-31(22)26/h1-4,7,9-15,18H,5-6,8,16H2,(H,30,32). The molecule has 1 amide bonds. The van der Waals surface area contributed by atoms with Crippen molar-refractivity contribution in [2.45, 2.75) is 35.6 Å². The van der Waals surface area contributed by atoms with Crippen LogP contribution < -0.4 is 5.32 Å². The molecule has 0 saturated heterocycles. The number of carbonyl (C=O) groups is 1. The number of aromatic nitrogens is 2. The average molecular weight is 451 g/mol. The molecular formula is C27H22N4OS. The summed E-state index contributed by atoms with van der Waals surface area (Å²) in [6.45, 7) is 1.01. The summed E-state index contributed by atoms with van der Waals surface area (Å²) in [5, 5.41) is 12.4. The molecule has 0 bridgehead atoms. The molecular weight excluding hydrogens is 428 g/mol. The van der Waals surface area contributed by atoms with E-state index in [9.17, 15) is 10.1 Å². The average Bonchev–Trinajstić information content (AvgIpc) is 3.29. The molecule has 1 aliphatic heterocycles. The normalized spacial score (nSPS) is 12.6. The number of nitrogens with one attached hydrogen (secondary N) is 1. The van der Waals surface area contributed by atoms with Gasteiger partial charge in [-0.2, -0.15) is 5.26 Å². The Balaban J connectivity index is 1.34. The molecule has 5 nitrogen and oxygen atoms in total. The van der Waals surface area contributed by atoms with Gasteiger partial charge in [0.05, 0.1) is 11.1 Å². The number of nitriles is 1. The van der Waals surface area contributed by atoms with Crippen LogP contribution in [0.3, 0.4) is 0 Å². The van der Waals surface area contributed by atoms with Gasteiger partial charge in [0, 0.05) is 39.5 Å². The summed E-state index contributed by atoms with van der Waals surface area (Å²) in [4.78, 5) is 19.3. The molecule has 0 saturated carbocycles. The van der Waals surface area contributed by atoms with Crippen molar-refractivity contribution >= 4 is 23.4 Å². The molecule has 3 aromatic carbocycles. The molecule has 2 heterocycles. The minimum Gasteiger partial charge on any atom is -0.328 e. The van der Waals surface area contributed by atoms with Gasteiger partial charge in [-0.3, -0.25) is 4.79 Å². The molecule has 0 fully saturated rings. The number of rotatable bonds is 5. The van der Waals surface area contributed by atoms with Crippen LogP contribution in [0.2, 0.25) is 0 Å². The summed E-state index contributed by atoms with van der Waals surface area (Å²) in [6, 6.07) is 24.9. The molecule has 1 aromatic heterocycles. The highest BCUT2D eigenvalue weighted by Gasteiger charge is 2.16. The molecule has 0 spiro atoms. The molecule has 0 atom stereocenters. The van der Waals surface area contributed by atoms with E-state index >= 15 is 0 Å². The zero-order chi connectivity index (χ0) is 22.6. The van der Waals surface area contributed by atoms with Crippen molar-refractivity contribution < 1.29 is 4.79 Å². The second-order valence-electron chi connectivity index (χ2n) is 7.92. The Morgan fingerprint density at radius 2 is 1.73 bits per heavy atom. The van der Waals surface area contributed by atoms with E-state index in [1.54, 1.807) is 12.1 Å². The number of hydrogen-bond acceptors (Lipinski definition) is 4. The molecule has 0 unspecified atom stereocenters. The third-order valence-electron chi connectivity index (χ3n) is 5.76. The highest BCUT2D eigenvalue weighted by molar-refractivity contribution is 7.99. The molecule has 0 radical (unpaired) electrons. The fourth-order valence-corrected chi connectivity index (χ4v) is 5.10. The van der Waals surface area contributed by atoms with E-state index in [1.165, 1.54) is 30.3 Å². The number of benzene rings is 3. The second-order valence-corrected chi connectivity index (χ2v) is 9.00. The largest absolute Gasteiger partial charge is 0.328 e. The predicted molar refractivity (Wildman–Crippen MR) is 130 cm³/mol. The van der Waals surface area contributed by atoms with Crippen molar-refractivity contribution in [2.75, 3.05) is 5.32 Å². The Labute approximate surface area is 197 Å². The fourth-order valence-electron chi connectivity index (χ4n) is 4.08. The first kappa shape index (κ1) is 21.0. The number of nitrogens with zero attached hydrogens (tertiary/aromatic N) is 3. The summed E-state index contributed by atoms with van der Waals surface area (Å²) in [5.41, 5.74) is 4.23. The van der Waals surface area contributed by atoms with Crippen molar-refractivity contribution in [2.24, 2.45) is 0 Å². The smallest absolute Gasteiger partial charge is 0.256 e. The van der Waals surface area contributed by atoms with Crippen LogP contribution in [0.5, 0.6) is 0 Å². The van der Waals surface area contributed by atoms with Gasteiger partial charge in [-0.15, -0.1) is 0 Å². The third kappa shape index (κ3) is 4.41. The van der Waals surface area contributed by atoms with Crippen LogP contribution >= 0.6 is 11.8 Å². The van der Waals surface area contributed by atoms with Crippen LogP contribution in [0, 0.1) is 11.3 Å². The van der Waals surface area contributed by atoms with E-state index in [2.05, 4.69) is 20.9 Å². The Bertz CT molecular complexity index is 1350. The highest BCUT2D eigenvalue weighted by Crippen LogP contribution is 2.33. The predicted octanol–water partition coefficient (Wildman–Crippen LogP) is 6.16. The lowest BCUT2D eigenvalue weighted by Gasteiger charge is -2.16. The van der Waals surface area contributed by atoms with Crippen LogP contribution in [0.4, 0.5) is 5.69 Å². The van der Waals surface area contributed by atoms with Gasteiger partial charge < -0.3 is 9.88 Å². The lowest BCUT2D eigenvalue weighted by Crippen LogP contribution is -2.13. The fraction of sp³-hybridized carbons (Fsp3) is 0.148. The van der Waals surface area contributed by atoms with Gasteiger partial charge in [-0.1, -0.05) is 36.0 Å². The van der Waals surface area contributed by atoms with Gasteiger partial charge in [0.25, 0.3) is 5.91 Å². The molecule has 162 valence electrons. The van der Waals surface area contributed by atoms with Crippen LogP contribution in [0.1, 0.15) is 34.5 Å². The molecule has 33 heavy (non-hydrogen) atoms. The molecule has 0 aliphatic carbocycles. The van der Waals surface area contributed by atoms with Crippen molar-refractivity contribution in [1.29, 1.82) is 5.26 Å². The van der Waals surface area contributed by atoms with Crippen LogP contribution in [0.25, 0.3) is 11.4 Å². The van der Waals surface area contributed by atoms with E-state index in [4.69, 9.17) is 0 Å². The zero-order valence-electron chi connectivity index (χ0n) is 18.0. The van der Waals surface area contributed by atoms with Crippen LogP contribution in [0.15, 0.2) is 88.8 Å². The molecule has 1 aliphatic rings. The van der Waals surface area contributed by atoms with E-state index in [-0.39, 0.29) is 5.91 Å². The van der Waals surface area contributed by atoms with Gasteiger partial charge in [0.1, 0.15) is 11.9 Å². The third-order valence-corrected chi connectivity index (χ3v) is 6.91. The second kappa shape index (κ2) is 9.35. The van der Waals surface area contributed by atoms with Crippen molar-refractivity contribution in [3.8, 4) is 17.5 Å². The number of aryl methyl sites for hydroxylation is 1. The topological polar surface area (TPSA) is 70.7 Å². The summed E-state index contributed by atoms with van der Waals surface area (Å²) < 4.78 is 2.30. The maximum Gasteiger partial charge on any atom is 0.256 e. The van der Waals surface area contributed by atoms with Gasteiger partial charge in [-0.25, -0.2) is 4.98 Å². The van der Waals surface area contributed by atoms with Gasteiger partial charge >= 0.3 is 0 Å². The van der Waals surface area contributed by atoms with Crippen LogP contribution in [-0.4, -0.2) is 15.5 Å². The number of hydrogen-bond donors (Lipinski definition) is 1. The Morgan fingerprint density at radius 3 is 2.55 bits per heavy atom. The summed E-state index contributed by atoms with van der Waals surface area (Å²) in [6.07, 6.45) is 5.46. The van der Waals surface area contributed by atoms with Gasteiger partial charge in [0.2, 0.25) is 0 Å². The summed E-state index contributed by atoms with van der Waals surface area (Å²) in [5.74, 6) is 0.805. The minimum absolute atomic E-state index is 0.182. The lowest BCUT2D eigenvalue weighted by molar-refractivity contribution is 0.102. The van der Waals surface area contributed by atoms with E-state index in [0.717, 1.165) is 39.8 Å². The minimum atomic E-state index is -0.182. The number of imidazole rings is 1. The Kier molecular flexibility index (Phi) is 5.97.